The highest BCUT2D eigenvalue weighted by Gasteiger charge is 2.33. The van der Waals surface area contributed by atoms with Crippen molar-refractivity contribution in [2.75, 3.05) is 65.1 Å². The van der Waals surface area contributed by atoms with Gasteiger partial charge < -0.3 is 40.9 Å². The Morgan fingerprint density at radius 3 is 1.58 bits per heavy atom. The number of carbonyl (C=O) groups is 4. The number of carbonyl (C=O) groups excluding carboxylic acids is 4. The number of ether oxygens (including phenoxy) is 1. The average molecular weight is 1040 g/mol. The van der Waals surface area contributed by atoms with Crippen molar-refractivity contribution in [3.8, 4) is 5.19 Å². The highest BCUT2D eigenvalue weighted by Crippen LogP contribution is 2.36. The topological polar surface area (TPSA) is 246 Å². The Morgan fingerprint density at radius 1 is 0.667 bits per heavy atom. The Morgan fingerprint density at radius 2 is 1.13 bits per heavy atom. The molecule has 4 aromatic carbocycles. The van der Waals surface area contributed by atoms with E-state index in [1.165, 1.54) is 83.3 Å². The standard InChI is InChI=1S/C23H24N4O5S2.C18H12ClN3O4S2.C5H13NO/c1-27(2)10-5-11-32-23-25-14-16(33-23)13-24-21(28)15-8-9-20-18(12-15)26-22(29)17-6-3-4-7-19(17)34(20,30)31;19-18-21-9-11(27-18)8-20-16(23)10-5-6-15-13(7-10)22-17(24)12-3-1-2-4-14(12)28(15,25)26;1-6(2)4-3-5-7/h3-4,6-9,12,14H,5,10-11,13H2,1-2H3,(H,24,28)(H,26,29);1-7,9H,8H2,(H,20,23)(H,22,24);7H,3-5H2,1-2H3. The number of amides is 4. The van der Waals surface area contributed by atoms with Crippen LogP contribution in [0, 0.1) is 0 Å². The van der Waals surface area contributed by atoms with Crippen LogP contribution in [0.4, 0.5) is 11.4 Å². The van der Waals surface area contributed by atoms with Gasteiger partial charge in [0.1, 0.15) is 0 Å². The van der Waals surface area contributed by atoms with E-state index in [0.717, 1.165) is 35.7 Å². The molecule has 0 radical (unpaired) electrons. The van der Waals surface area contributed by atoms with Crippen LogP contribution in [0.5, 0.6) is 5.19 Å². The molecule has 0 spiro atoms. The first-order valence-electron chi connectivity index (χ1n) is 21.1. The molecule has 69 heavy (non-hydrogen) atoms. The number of anilines is 2. The normalized spacial score (nSPS) is 13.8. The summed E-state index contributed by atoms with van der Waals surface area (Å²) in [6.45, 7) is 3.24. The molecular weight excluding hydrogens is 988 g/mol. The van der Waals surface area contributed by atoms with Crippen molar-refractivity contribution >= 4 is 89.0 Å². The summed E-state index contributed by atoms with van der Waals surface area (Å²) in [5, 5.41) is 19.5. The fraction of sp³-hybridized carbons (Fsp3) is 0.261. The molecule has 2 aromatic heterocycles. The van der Waals surface area contributed by atoms with Crippen LogP contribution in [0.1, 0.15) is 64.0 Å². The van der Waals surface area contributed by atoms with E-state index in [1.807, 2.05) is 28.2 Å². The van der Waals surface area contributed by atoms with Crippen molar-refractivity contribution in [1.29, 1.82) is 0 Å². The third-order valence-corrected chi connectivity index (χ3v) is 15.8. The van der Waals surface area contributed by atoms with Crippen LogP contribution in [0.25, 0.3) is 0 Å². The van der Waals surface area contributed by atoms with Gasteiger partial charge in [0.2, 0.25) is 19.7 Å². The van der Waals surface area contributed by atoms with Crippen LogP contribution in [-0.4, -0.2) is 120 Å². The molecule has 0 saturated heterocycles. The Hall–Kier alpha value is -6.11. The highest BCUT2D eigenvalue weighted by molar-refractivity contribution is 7.92. The lowest BCUT2D eigenvalue weighted by atomic mass is 10.1. The van der Waals surface area contributed by atoms with E-state index < -0.39 is 43.3 Å². The minimum Gasteiger partial charge on any atom is -0.470 e. The van der Waals surface area contributed by atoms with Gasteiger partial charge in [0.25, 0.3) is 28.8 Å². The van der Waals surface area contributed by atoms with Crippen molar-refractivity contribution in [2.24, 2.45) is 0 Å². The van der Waals surface area contributed by atoms with Crippen LogP contribution < -0.4 is 26.0 Å². The quantitative estimate of drug-likeness (QED) is 0.0803. The Kier molecular flexibility index (Phi) is 17.8. The Balaban J connectivity index is 0.000000202. The van der Waals surface area contributed by atoms with Crippen molar-refractivity contribution in [3.05, 3.63) is 134 Å². The van der Waals surface area contributed by atoms with Gasteiger partial charge in [0, 0.05) is 46.4 Å². The molecule has 5 N–H and O–H groups in total. The van der Waals surface area contributed by atoms with Crippen molar-refractivity contribution in [3.63, 3.8) is 0 Å². The minimum atomic E-state index is -3.92. The molecule has 18 nitrogen and oxygen atoms in total. The number of hydrogen-bond donors (Lipinski definition) is 5. The van der Waals surface area contributed by atoms with Crippen LogP contribution in [0.15, 0.2) is 117 Å². The molecule has 2 aliphatic heterocycles. The van der Waals surface area contributed by atoms with Gasteiger partial charge in [-0.25, -0.2) is 26.8 Å². The van der Waals surface area contributed by atoms with E-state index in [-0.39, 0.29) is 66.3 Å². The number of aliphatic hydroxyl groups is 1. The third-order valence-electron chi connectivity index (χ3n) is 10.0. The van der Waals surface area contributed by atoms with Gasteiger partial charge in [-0.05, 0) is 108 Å². The van der Waals surface area contributed by atoms with E-state index in [2.05, 4.69) is 41.0 Å². The molecule has 0 unspecified atom stereocenters. The molecule has 0 atom stereocenters. The van der Waals surface area contributed by atoms with E-state index in [4.69, 9.17) is 21.4 Å². The number of aromatic nitrogens is 2. The van der Waals surface area contributed by atoms with Crippen LogP contribution in [-0.2, 0) is 32.8 Å². The number of aliphatic hydroxyl groups excluding tert-OH is 1. The fourth-order valence-electron chi connectivity index (χ4n) is 6.67. The number of thiazole rings is 2. The smallest absolute Gasteiger partial charge is 0.273 e. The van der Waals surface area contributed by atoms with Crippen molar-refractivity contribution in [2.45, 2.75) is 45.5 Å². The van der Waals surface area contributed by atoms with Crippen LogP contribution in [0.3, 0.4) is 0 Å². The number of benzene rings is 4. The number of halogens is 1. The largest absolute Gasteiger partial charge is 0.470 e. The lowest BCUT2D eigenvalue weighted by Crippen LogP contribution is -2.22. The monoisotopic (exact) mass is 1040 g/mol. The maximum atomic E-state index is 13.1. The molecule has 2 aliphatic rings. The zero-order valence-corrected chi connectivity index (χ0v) is 41.8. The van der Waals surface area contributed by atoms with Gasteiger partial charge in [-0.1, -0.05) is 47.2 Å². The summed E-state index contributed by atoms with van der Waals surface area (Å²) in [6, 6.07) is 20.2. The summed E-state index contributed by atoms with van der Waals surface area (Å²) < 4.78 is 58.0. The maximum Gasteiger partial charge on any atom is 0.273 e. The summed E-state index contributed by atoms with van der Waals surface area (Å²) in [5.41, 5.74) is 0.705. The number of sulfone groups is 2. The second-order valence-corrected chi connectivity index (χ2v) is 22.3. The predicted octanol–water partition coefficient (Wildman–Crippen LogP) is 5.86. The first-order chi connectivity index (χ1) is 32.9. The molecule has 4 heterocycles. The molecule has 4 amide bonds. The number of rotatable bonds is 14. The lowest BCUT2D eigenvalue weighted by molar-refractivity contribution is 0.0943. The predicted molar refractivity (Wildman–Crippen MR) is 263 cm³/mol. The molecule has 0 bridgehead atoms. The van der Waals surface area contributed by atoms with Gasteiger partial charge in [-0.3, -0.25) is 19.2 Å². The average Bonchev–Trinajstić information content (AvgIpc) is 3.95. The molecule has 0 saturated carbocycles. The second kappa shape index (κ2) is 23.5. The van der Waals surface area contributed by atoms with Gasteiger partial charge in [-0.15, -0.1) is 11.3 Å². The van der Waals surface area contributed by atoms with Crippen LogP contribution in [0.2, 0.25) is 4.47 Å². The number of nitrogens with one attached hydrogen (secondary N) is 4. The van der Waals surface area contributed by atoms with Gasteiger partial charge in [0.05, 0.1) is 61.8 Å². The summed E-state index contributed by atoms with van der Waals surface area (Å²) >= 11 is 8.36. The summed E-state index contributed by atoms with van der Waals surface area (Å²) in [6.07, 6.45) is 4.98. The summed E-state index contributed by atoms with van der Waals surface area (Å²) in [4.78, 5) is 63.8. The lowest BCUT2D eigenvalue weighted by Gasteiger charge is -2.10. The molecule has 23 heteroatoms. The van der Waals surface area contributed by atoms with Gasteiger partial charge in [0.15, 0.2) is 4.47 Å². The molecule has 0 aliphatic carbocycles. The zero-order valence-electron chi connectivity index (χ0n) is 37.8. The Labute approximate surface area is 412 Å². The molecule has 6 aromatic rings. The van der Waals surface area contributed by atoms with Crippen molar-refractivity contribution in [1.82, 2.24) is 30.4 Å². The molecule has 0 fully saturated rings. The minimum absolute atomic E-state index is 0.0548. The summed E-state index contributed by atoms with van der Waals surface area (Å²) in [5.74, 6) is -1.91. The van der Waals surface area contributed by atoms with E-state index >= 15 is 0 Å². The first kappa shape index (κ1) is 52.3. The van der Waals surface area contributed by atoms with Gasteiger partial charge >= 0.3 is 0 Å². The third kappa shape index (κ3) is 13.4. The van der Waals surface area contributed by atoms with Gasteiger partial charge in [-0.2, -0.15) is 0 Å². The van der Waals surface area contributed by atoms with Crippen molar-refractivity contribution < 1.29 is 45.9 Å². The van der Waals surface area contributed by atoms with E-state index in [0.29, 0.717) is 22.9 Å². The summed E-state index contributed by atoms with van der Waals surface area (Å²) in [7, 11) is 0.171. The fourth-order valence-corrected chi connectivity index (χ4v) is 11.5. The first-order valence-corrected chi connectivity index (χ1v) is 26.1. The number of nitrogens with zero attached hydrogens (tertiary/aromatic N) is 4. The number of hydrogen-bond acceptors (Lipinski definition) is 16. The zero-order chi connectivity index (χ0) is 49.9. The second-order valence-electron chi connectivity index (χ2n) is 15.8. The maximum absolute atomic E-state index is 13.1. The molecule has 364 valence electrons. The van der Waals surface area contributed by atoms with E-state index in [9.17, 15) is 36.0 Å². The van der Waals surface area contributed by atoms with Crippen LogP contribution >= 0.6 is 34.3 Å². The number of fused-ring (bicyclic) bond motifs is 4. The SMILES string of the molecule is CN(C)CCCO.CN(C)CCCOc1ncc(CNC(=O)c2ccc3c(c2)NC(=O)c2ccccc2S3(=O)=O)s1.O=C(NCc1cnc(Cl)s1)c1ccc2c(c1)NC(=O)c1ccccc1S2(=O)=O. The molecular formula is C46H49ClN8O10S4. The van der Waals surface area contributed by atoms with E-state index in [1.54, 1.807) is 36.7 Å². The Bertz CT molecular complexity index is 3070. The molecule has 8 rings (SSSR count). The highest BCUT2D eigenvalue weighted by atomic mass is 35.5.